The van der Waals surface area contributed by atoms with Gasteiger partial charge in [0.05, 0.1) is 5.60 Å². The largest absolute Gasteiger partial charge is 0.480 e. The summed E-state index contributed by atoms with van der Waals surface area (Å²) in [7, 11) is 0. The summed E-state index contributed by atoms with van der Waals surface area (Å²) in [4.78, 5) is 21.4. The van der Waals surface area contributed by atoms with Gasteiger partial charge in [0, 0.05) is 0 Å². The third-order valence-electron chi connectivity index (χ3n) is 1.82. The van der Waals surface area contributed by atoms with Crippen LogP contribution in [0.4, 0.5) is 0 Å². The van der Waals surface area contributed by atoms with Gasteiger partial charge in [0.1, 0.15) is 6.61 Å². The van der Waals surface area contributed by atoms with Crippen LogP contribution < -0.4 is 5.32 Å². The molecule has 1 aliphatic rings. The van der Waals surface area contributed by atoms with E-state index in [-0.39, 0.29) is 12.5 Å². The average molecular weight is 173 g/mol. The first-order valence-corrected chi connectivity index (χ1v) is 3.59. The molecule has 1 aliphatic heterocycles. The van der Waals surface area contributed by atoms with Crippen LogP contribution >= 0.6 is 0 Å². The number of morpholine rings is 1. The fourth-order valence-corrected chi connectivity index (χ4v) is 1.07. The number of hydrogen-bond acceptors (Lipinski definition) is 3. The molecule has 1 atom stereocenters. The van der Waals surface area contributed by atoms with Crippen molar-refractivity contribution >= 4 is 11.9 Å². The van der Waals surface area contributed by atoms with Gasteiger partial charge in [-0.3, -0.25) is 4.79 Å². The molecule has 0 aromatic heterocycles. The molecule has 1 rings (SSSR count). The average Bonchev–Trinajstić information content (AvgIpc) is 1.94. The highest BCUT2D eigenvalue weighted by Crippen LogP contribution is 2.18. The van der Waals surface area contributed by atoms with Crippen LogP contribution in [-0.2, 0) is 14.3 Å². The van der Waals surface area contributed by atoms with E-state index >= 15 is 0 Å². The van der Waals surface area contributed by atoms with Crippen LogP contribution in [0.15, 0.2) is 0 Å². The van der Waals surface area contributed by atoms with E-state index in [4.69, 9.17) is 9.84 Å². The minimum Gasteiger partial charge on any atom is -0.480 e. The zero-order valence-electron chi connectivity index (χ0n) is 6.96. The van der Waals surface area contributed by atoms with Gasteiger partial charge in [-0.05, 0) is 13.8 Å². The number of carbonyl (C=O) groups is 2. The molecular formula is C7H11NO4. The summed E-state index contributed by atoms with van der Waals surface area (Å²) in [5.74, 6) is -1.46. The summed E-state index contributed by atoms with van der Waals surface area (Å²) in [6.45, 7) is 3.19. The first kappa shape index (κ1) is 8.99. The van der Waals surface area contributed by atoms with Crippen molar-refractivity contribution in [2.45, 2.75) is 25.5 Å². The van der Waals surface area contributed by atoms with Crippen LogP contribution in [-0.4, -0.2) is 35.2 Å². The van der Waals surface area contributed by atoms with Crippen molar-refractivity contribution in [2.75, 3.05) is 6.61 Å². The van der Waals surface area contributed by atoms with Crippen molar-refractivity contribution < 1.29 is 19.4 Å². The number of rotatable bonds is 1. The fourth-order valence-electron chi connectivity index (χ4n) is 1.07. The Kier molecular flexibility index (Phi) is 2.06. The Balaban J connectivity index is 2.78. The van der Waals surface area contributed by atoms with Crippen molar-refractivity contribution in [3.8, 4) is 0 Å². The number of carboxylic acids is 1. The van der Waals surface area contributed by atoms with Crippen LogP contribution in [0.25, 0.3) is 0 Å². The maximum absolute atomic E-state index is 10.8. The highest BCUT2D eigenvalue weighted by molar-refractivity contribution is 5.86. The molecular weight excluding hydrogens is 162 g/mol. The monoisotopic (exact) mass is 173 g/mol. The van der Waals surface area contributed by atoms with E-state index in [9.17, 15) is 9.59 Å². The molecule has 68 valence electrons. The predicted octanol–water partition coefficient (Wildman–Crippen LogP) is -0.635. The molecule has 5 nitrogen and oxygen atoms in total. The molecule has 2 N–H and O–H groups in total. The lowest BCUT2D eigenvalue weighted by Crippen LogP contribution is -2.60. The normalized spacial score (nSPS) is 27.8. The molecule has 0 aromatic rings. The van der Waals surface area contributed by atoms with Crippen LogP contribution in [0.5, 0.6) is 0 Å². The number of amides is 1. The standard InChI is InChI=1S/C7H11NO4/c1-7(2)5(6(10)11)8-4(9)3-12-7/h5H,3H2,1-2H3,(H,8,9)(H,10,11). The Morgan fingerprint density at radius 3 is 2.75 bits per heavy atom. The van der Waals surface area contributed by atoms with Crippen LogP contribution in [0.2, 0.25) is 0 Å². The fraction of sp³-hybridized carbons (Fsp3) is 0.714. The molecule has 1 unspecified atom stereocenters. The molecule has 0 aliphatic carbocycles. The van der Waals surface area contributed by atoms with E-state index in [1.165, 1.54) is 0 Å². The second-order valence-electron chi connectivity index (χ2n) is 3.23. The molecule has 0 spiro atoms. The van der Waals surface area contributed by atoms with Crippen LogP contribution in [0.1, 0.15) is 13.8 Å². The first-order valence-electron chi connectivity index (χ1n) is 3.59. The summed E-state index contributed by atoms with van der Waals surface area (Å²) in [6, 6.07) is -0.959. The number of hydrogen-bond donors (Lipinski definition) is 2. The van der Waals surface area contributed by atoms with Gasteiger partial charge in [-0.15, -0.1) is 0 Å². The van der Waals surface area contributed by atoms with E-state index in [1.54, 1.807) is 13.8 Å². The zero-order chi connectivity index (χ0) is 9.35. The lowest BCUT2D eigenvalue weighted by Gasteiger charge is -2.35. The third kappa shape index (κ3) is 1.55. The lowest BCUT2D eigenvalue weighted by atomic mass is 9.97. The van der Waals surface area contributed by atoms with Crippen LogP contribution in [0, 0.1) is 0 Å². The Labute approximate surface area is 69.7 Å². The summed E-state index contributed by atoms with van der Waals surface area (Å²) in [5, 5.41) is 11.0. The van der Waals surface area contributed by atoms with E-state index in [0.29, 0.717) is 0 Å². The van der Waals surface area contributed by atoms with Gasteiger partial charge in [-0.1, -0.05) is 0 Å². The Morgan fingerprint density at radius 2 is 2.33 bits per heavy atom. The van der Waals surface area contributed by atoms with Crippen LogP contribution in [0.3, 0.4) is 0 Å². The second-order valence-corrected chi connectivity index (χ2v) is 3.23. The topological polar surface area (TPSA) is 75.6 Å². The lowest BCUT2D eigenvalue weighted by molar-refractivity contribution is -0.163. The number of ether oxygens (including phenoxy) is 1. The zero-order valence-corrected chi connectivity index (χ0v) is 6.96. The highest BCUT2D eigenvalue weighted by atomic mass is 16.5. The van der Waals surface area contributed by atoms with Gasteiger partial charge in [0.2, 0.25) is 5.91 Å². The van der Waals surface area contributed by atoms with E-state index in [0.717, 1.165) is 0 Å². The van der Waals surface area contributed by atoms with E-state index < -0.39 is 17.6 Å². The van der Waals surface area contributed by atoms with Crippen molar-refractivity contribution in [3.63, 3.8) is 0 Å². The first-order chi connectivity index (χ1) is 5.43. The molecule has 0 saturated carbocycles. The minimum atomic E-state index is -1.08. The predicted molar refractivity (Wildman–Crippen MR) is 39.6 cm³/mol. The molecule has 5 heteroatoms. The molecule has 1 saturated heterocycles. The van der Waals surface area contributed by atoms with Gasteiger partial charge in [-0.2, -0.15) is 0 Å². The maximum atomic E-state index is 10.8. The van der Waals surface area contributed by atoms with E-state index in [1.807, 2.05) is 0 Å². The van der Waals surface area contributed by atoms with Crippen molar-refractivity contribution in [3.05, 3.63) is 0 Å². The van der Waals surface area contributed by atoms with Gasteiger partial charge < -0.3 is 15.2 Å². The Bertz CT molecular complexity index is 223. The molecule has 0 bridgehead atoms. The smallest absolute Gasteiger partial charge is 0.329 e. The van der Waals surface area contributed by atoms with Crippen molar-refractivity contribution in [2.24, 2.45) is 0 Å². The molecule has 1 amide bonds. The quantitative estimate of drug-likeness (QED) is 0.553. The van der Waals surface area contributed by atoms with E-state index in [2.05, 4.69) is 5.32 Å². The third-order valence-corrected chi connectivity index (χ3v) is 1.82. The van der Waals surface area contributed by atoms with Gasteiger partial charge in [0.15, 0.2) is 6.04 Å². The summed E-state index contributed by atoms with van der Waals surface area (Å²) >= 11 is 0. The molecule has 1 heterocycles. The number of carboxylic acid groups (broad SMARTS) is 1. The highest BCUT2D eigenvalue weighted by Gasteiger charge is 2.41. The molecule has 0 radical (unpaired) electrons. The number of carbonyl (C=O) groups excluding carboxylic acids is 1. The summed E-state index contributed by atoms with van der Waals surface area (Å²) in [5.41, 5.74) is -0.834. The van der Waals surface area contributed by atoms with Crippen molar-refractivity contribution in [1.82, 2.24) is 5.32 Å². The Morgan fingerprint density at radius 1 is 1.75 bits per heavy atom. The molecule has 1 fully saturated rings. The van der Waals surface area contributed by atoms with Gasteiger partial charge >= 0.3 is 5.97 Å². The van der Waals surface area contributed by atoms with Gasteiger partial charge in [0.25, 0.3) is 0 Å². The summed E-state index contributed by atoms with van der Waals surface area (Å²) < 4.78 is 5.06. The number of nitrogens with one attached hydrogen (secondary N) is 1. The van der Waals surface area contributed by atoms with Gasteiger partial charge in [-0.25, -0.2) is 4.79 Å². The summed E-state index contributed by atoms with van der Waals surface area (Å²) in [6.07, 6.45) is 0. The second kappa shape index (κ2) is 2.75. The maximum Gasteiger partial charge on any atom is 0.329 e. The number of aliphatic carboxylic acids is 1. The minimum absolute atomic E-state index is 0.0726. The Hall–Kier alpha value is -1.10. The molecule has 12 heavy (non-hydrogen) atoms. The SMILES string of the molecule is CC1(C)OCC(=O)NC1C(=O)O. The van der Waals surface area contributed by atoms with Crippen molar-refractivity contribution in [1.29, 1.82) is 0 Å². The molecule has 0 aromatic carbocycles.